The Hall–Kier alpha value is -3.07. The van der Waals surface area contributed by atoms with Gasteiger partial charge in [-0.05, 0) is 82.3 Å². The third-order valence-electron chi connectivity index (χ3n) is 5.71. The minimum atomic E-state index is -4.62. The van der Waals surface area contributed by atoms with Crippen molar-refractivity contribution in [2.45, 2.75) is 52.6 Å². The number of aliphatic imine (C=N–C) groups is 1. The fourth-order valence-corrected chi connectivity index (χ4v) is 3.96. The number of aromatic nitrogens is 2. The van der Waals surface area contributed by atoms with Crippen LogP contribution in [0.4, 0.5) is 24.7 Å². The van der Waals surface area contributed by atoms with E-state index in [-0.39, 0.29) is 11.5 Å². The first kappa shape index (κ1) is 24.6. The van der Waals surface area contributed by atoms with Crippen molar-refractivity contribution in [3.63, 3.8) is 0 Å². The van der Waals surface area contributed by atoms with Crippen molar-refractivity contribution in [3.8, 4) is 0 Å². The maximum Gasteiger partial charge on any atom is 0.419 e. The number of allylic oxidation sites excluding steroid dienone is 1. The maximum absolute atomic E-state index is 13.6. The fourth-order valence-electron chi connectivity index (χ4n) is 3.96. The standard InChI is InChI=1S/C24H31F3N6/c1-14-11-22(15(2)10-20(14)19-6-8-28-9-7-19)31-18(5)29-13-21(24(25,26)27)17(4)30-23-12-16(3)32-33-23/h10-13,19,28H,4,6-9H2,1-3,5H3,(H,29,31)(H2,30,32,33)/b21-13+. The van der Waals surface area contributed by atoms with Crippen LogP contribution in [0.15, 0.2) is 47.2 Å². The highest BCUT2D eigenvalue weighted by molar-refractivity contribution is 5.94. The van der Waals surface area contributed by atoms with Crippen LogP contribution in [0.25, 0.3) is 0 Å². The topological polar surface area (TPSA) is 77.1 Å². The van der Waals surface area contributed by atoms with Gasteiger partial charge in [0.1, 0.15) is 5.84 Å². The lowest BCUT2D eigenvalue weighted by Gasteiger charge is -2.25. The summed E-state index contributed by atoms with van der Waals surface area (Å²) in [7, 11) is 0. The van der Waals surface area contributed by atoms with Crippen molar-refractivity contribution in [2.75, 3.05) is 23.7 Å². The monoisotopic (exact) mass is 460 g/mol. The molecule has 6 nitrogen and oxygen atoms in total. The van der Waals surface area contributed by atoms with E-state index in [0.717, 1.165) is 49.1 Å². The molecule has 1 aliphatic heterocycles. The molecule has 0 atom stereocenters. The van der Waals surface area contributed by atoms with E-state index in [0.29, 0.717) is 11.8 Å². The highest BCUT2D eigenvalue weighted by atomic mass is 19.4. The first-order valence-electron chi connectivity index (χ1n) is 10.9. The van der Waals surface area contributed by atoms with Gasteiger partial charge in [0, 0.05) is 29.3 Å². The van der Waals surface area contributed by atoms with Crippen LogP contribution in [-0.2, 0) is 0 Å². The van der Waals surface area contributed by atoms with E-state index in [2.05, 4.69) is 50.7 Å². The van der Waals surface area contributed by atoms with Crippen molar-refractivity contribution in [3.05, 3.63) is 64.6 Å². The van der Waals surface area contributed by atoms with Crippen LogP contribution >= 0.6 is 0 Å². The highest BCUT2D eigenvalue weighted by Gasteiger charge is 2.36. The van der Waals surface area contributed by atoms with Crippen LogP contribution in [0.2, 0.25) is 0 Å². The number of anilines is 2. The number of nitrogens with one attached hydrogen (secondary N) is 4. The van der Waals surface area contributed by atoms with Gasteiger partial charge in [0.15, 0.2) is 5.82 Å². The molecule has 4 N–H and O–H groups in total. The zero-order chi connectivity index (χ0) is 24.2. The maximum atomic E-state index is 13.6. The second-order valence-corrected chi connectivity index (χ2v) is 8.47. The van der Waals surface area contributed by atoms with Gasteiger partial charge in [-0.15, -0.1) is 0 Å². The highest BCUT2D eigenvalue weighted by Crippen LogP contribution is 2.32. The Morgan fingerprint density at radius 3 is 2.42 bits per heavy atom. The molecule has 3 rings (SSSR count). The van der Waals surface area contributed by atoms with E-state index in [1.807, 2.05) is 13.0 Å². The number of hydrogen-bond donors (Lipinski definition) is 4. The number of rotatable bonds is 6. The van der Waals surface area contributed by atoms with Crippen LogP contribution in [0, 0.1) is 20.8 Å². The van der Waals surface area contributed by atoms with Crippen LogP contribution in [-0.4, -0.2) is 35.3 Å². The van der Waals surface area contributed by atoms with Crippen molar-refractivity contribution < 1.29 is 13.2 Å². The zero-order valence-electron chi connectivity index (χ0n) is 19.5. The molecular formula is C24H31F3N6. The van der Waals surface area contributed by atoms with Crippen LogP contribution < -0.4 is 16.0 Å². The van der Waals surface area contributed by atoms with Crippen LogP contribution in [0.1, 0.15) is 48.1 Å². The number of alkyl halides is 3. The molecule has 2 aromatic rings. The summed E-state index contributed by atoms with van der Waals surface area (Å²) in [5, 5.41) is 15.7. The summed E-state index contributed by atoms with van der Waals surface area (Å²) >= 11 is 0. The summed E-state index contributed by atoms with van der Waals surface area (Å²) in [5.74, 6) is 1.13. The molecule has 0 saturated carbocycles. The largest absolute Gasteiger partial charge is 0.419 e. The quantitative estimate of drug-likeness (QED) is 0.253. The molecule has 0 aliphatic carbocycles. The van der Waals surface area contributed by atoms with Crippen LogP contribution in [0.3, 0.4) is 0 Å². The summed E-state index contributed by atoms with van der Waals surface area (Å²) in [6.07, 6.45) is -1.63. The molecule has 9 heteroatoms. The van der Waals surface area contributed by atoms with E-state index in [4.69, 9.17) is 0 Å². The number of aromatic amines is 1. The summed E-state index contributed by atoms with van der Waals surface area (Å²) in [4.78, 5) is 4.02. The predicted molar refractivity (Wildman–Crippen MR) is 128 cm³/mol. The SMILES string of the molecule is C=C(Nc1cc(C)[nH]n1)/C(=C\N=C(C)Nc1cc(C)c(C2CCNCC2)cc1C)C(F)(F)F. The smallest absolute Gasteiger partial charge is 0.344 e. The molecular weight excluding hydrogens is 429 g/mol. The van der Waals surface area contributed by atoms with Crippen molar-refractivity contribution in [2.24, 2.45) is 4.99 Å². The normalized spacial score (nSPS) is 16.1. The van der Waals surface area contributed by atoms with Gasteiger partial charge in [0.2, 0.25) is 0 Å². The minimum absolute atomic E-state index is 0.256. The number of aryl methyl sites for hydroxylation is 3. The molecule has 0 amide bonds. The van der Waals surface area contributed by atoms with Gasteiger partial charge in [-0.2, -0.15) is 18.3 Å². The van der Waals surface area contributed by atoms with E-state index in [1.54, 1.807) is 19.9 Å². The van der Waals surface area contributed by atoms with Gasteiger partial charge < -0.3 is 16.0 Å². The Labute approximate surface area is 192 Å². The van der Waals surface area contributed by atoms with E-state index in [9.17, 15) is 13.2 Å². The number of amidine groups is 1. The Morgan fingerprint density at radius 2 is 1.82 bits per heavy atom. The van der Waals surface area contributed by atoms with E-state index < -0.39 is 11.7 Å². The molecule has 0 spiro atoms. The van der Waals surface area contributed by atoms with Crippen molar-refractivity contribution >= 4 is 17.3 Å². The summed E-state index contributed by atoms with van der Waals surface area (Å²) < 4.78 is 40.8. The summed E-state index contributed by atoms with van der Waals surface area (Å²) in [5.41, 5.74) is 3.78. The van der Waals surface area contributed by atoms with E-state index >= 15 is 0 Å². The molecule has 0 radical (unpaired) electrons. The summed E-state index contributed by atoms with van der Waals surface area (Å²) in [6.45, 7) is 13.0. The Kier molecular flexibility index (Phi) is 7.63. The second-order valence-electron chi connectivity index (χ2n) is 8.47. The zero-order valence-corrected chi connectivity index (χ0v) is 19.5. The van der Waals surface area contributed by atoms with Crippen LogP contribution in [0.5, 0.6) is 0 Å². The molecule has 2 heterocycles. The number of H-pyrrole nitrogens is 1. The fraction of sp³-hybridized carbons (Fsp3) is 0.417. The lowest BCUT2D eigenvalue weighted by molar-refractivity contribution is -0.0893. The number of benzene rings is 1. The molecule has 33 heavy (non-hydrogen) atoms. The number of halogens is 3. The van der Waals surface area contributed by atoms with Gasteiger partial charge in [-0.1, -0.05) is 12.6 Å². The molecule has 0 bridgehead atoms. The molecule has 178 valence electrons. The molecule has 1 saturated heterocycles. The molecule has 1 fully saturated rings. The van der Waals surface area contributed by atoms with Gasteiger partial charge in [0.05, 0.1) is 5.57 Å². The molecule has 1 aliphatic rings. The first-order valence-corrected chi connectivity index (χ1v) is 10.9. The third-order valence-corrected chi connectivity index (χ3v) is 5.71. The van der Waals surface area contributed by atoms with Gasteiger partial charge in [-0.3, -0.25) is 5.10 Å². The average Bonchev–Trinajstić information content (AvgIpc) is 3.14. The van der Waals surface area contributed by atoms with Crippen molar-refractivity contribution in [1.29, 1.82) is 0 Å². The average molecular weight is 461 g/mol. The van der Waals surface area contributed by atoms with Gasteiger partial charge in [0.25, 0.3) is 0 Å². The Morgan fingerprint density at radius 1 is 1.12 bits per heavy atom. The van der Waals surface area contributed by atoms with Gasteiger partial charge >= 0.3 is 6.18 Å². The first-order chi connectivity index (χ1) is 15.5. The van der Waals surface area contributed by atoms with Crippen molar-refractivity contribution in [1.82, 2.24) is 15.5 Å². The number of nitrogens with zero attached hydrogens (tertiary/aromatic N) is 2. The predicted octanol–water partition coefficient (Wildman–Crippen LogP) is 5.70. The summed E-state index contributed by atoms with van der Waals surface area (Å²) in [6, 6.07) is 5.81. The Bertz CT molecular complexity index is 1060. The second kappa shape index (κ2) is 10.2. The lowest BCUT2D eigenvalue weighted by atomic mass is 9.86. The minimum Gasteiger partial charge on any atom is -0.344 e. The third kappa shape index (κ3) is 6.47. The lowest BCUT2D eigenvalue weighted by Crippen LogP contribution is -2.27. The molecule has 1 aromatic heterocycles. The molecule has 0 unspecified atom stereocenters. The number of hydrogen-bond acceptors (Lipinski definition) is 4. The molecule has 1 aromatic carbocycles. The Balaban J connectivity index is 1.77. The van der Waals surface area contributed by atoms with Gasteiger partial charge in [-0.25, -0.2) is 4.99 Å². The number of piperidine rings is 1. The van der Waals surface area contributed by atoms with E-state index in [1.165, 1.54) is 11.1 Å².